The summed E-state index contributed by atoms with van der Waals surface area (Å²) in [6.07, 6.45) is 8.33. The number of ether oxygens (including phenoxy) is 1. The number of carbonyl (C=O) groups excluding carboxylic acids is 3. The fourth-order valence-corrected chi connectivity index (χ4v) is 7.90. The number of hydrogen-bond donors (Lipinski definition) is 0. The van der Waals surface area contributed by atoms with Gasteiger partial charge in [0.25, 0.3) is 5.91 Å². The molecule has 0 bridgehead atoms. The molecule has 2 saturated heterocycles. The molecule has 6 nitrogen and oxygen atoms in total. The number of hydrogen-bond acceptors (Lipinski definition) is 6. The molecule has 2 aromatic rings. The lowest BCUT2D eigenvalue weighted by Crippen LogP contribution is -2.44. The van der Waals surface area contributed by atoms with E-state index in [1.54, 1.807) is 11.8 Å². The van der Waals surface area contributed by atoms with E-state index in [2.05, 4.69) is 0 Å². The Morgan fingerprint density at radius 3 is 2.50 bits per heavy atom. The van der Waals surface area contributed by atoms with Crippen LogP contribution in [0.2, 0.25) is 0 Å². The number of benzene rings is 1. The first-order valence-corrected chi connectivity index (χ1v) is 15.0. The molecule has 8 heteroatoms. The average Bonchev–Trinajstić information content (AvgIpc) is 3.50. The Morgan fingerprint density at radius 1 is 1.06 bits per heavy atom. The zero-order valence-corrected chi connectivity index (χ0v) is 22.6. The van der Waals surface area contributed by atoms with E-state index in [1.807, 2.05) is 46.4 Å². The maximum Gasteiger partial charge on any atom is 0.264 e. The summed E-state index contributed by atoms with van der Waals surface area (Å²) in [5.41, 5.74) is 1.92. The number of rotatable bonds is 7. The molecule has 0 saturated carbocycles. The van der Waals surface area contributed by atoms with E-state index in [1.165, 1.54) is 11.3 Å². The maximum absolute atomic E-state index is 13.5. The second-order valence-corrected chi connectivity index (χ2v) is 12.3. The Bertz CT molecular complexity index is 1120. The smallest absolute Gasteiger partial charge is 0.264 e. The van der Waals surface area contributed by atoms with Gasteiger partial charge in [-0.1, -0.05) is 18.2 Å². The van der Waals surface area contributed by atoms with Gasteiger partial charge in [-0.05, 0) is 67.9 Å². The first-order valence-electron chi connectivity index (χ1n) is 13.0. The van der Waals surface area contributed by atoms with Crippen molar-refractivity contribution >= 4 is 40.7 Å². The highest BCUT2D eigenvalue weighted by Crippen LogP contribution is 2.44. The summed E-state index contributed by atoms with van der Waals surface area (Å²) >= 11 is 3.09. The Labute approximate surface area is 221 Å². The lowest BCUT2D eigenvalue weighted by molar-refractivity contribution is -0.133. The van der Waals surface area contributed by atoms with E-state index in [0.29, 0.717) is 25.9 Å². The number of likely N-dealkylation sites (tertiary alicyclic amines) is 2. The largest absolute Gasteiger partial charge is 0.494 e. The number of piperidine rings is 1. The highest BCUT2D eigenvalue weighted by molar-refractivity contribution is 8.00. The third kappa shape index (κ3) is 5.21. The number of nitrogens with zero attached hydrogens (tertiary/aromatic N) is 2. The fourth-order valence-electron chi connectivity index (χ4n) is 5.81. The van der Waals surface area contributed by atoms with Crippen LogP contribution in [-0.4, -0.2) is 66.4 Å². The molecule has 1 aromatic carbocycles. The molecule has 5 rings (SSSR count). The van der Waals surface area contributed by atoms with E-state index >= 15 is 0 Å². The van der Waals surface area contributed by atoms with Crippen molar-refractivity contribution in [2.75, 3.05) is 39.0 Å². The highest BCUT2D eigenvalue weighted by atomic mass is 32.2. The minimum atomic E-state index is 0.0973. The third-order valence-corrected chi connectivity index (χ3v) is 10.3. The van der Waals surface area contributed by atoms with Crippen LogP contribution in [-0.2, 0) is 11.2 Å². The third-order valence-electron chi connectivity index (χ3n) is 7.91. The van der Waals surface area contributed by atoms with Gasteiger partial charge in [0.2, 0.25) is 5.91 Å². The standard InChI is InChI=1S/C28H34N2O4S2/c1-35-27-24-21(9-5-10-22(24)31)25(36-27)26(33)30-17-14-28(19-30)12-15-29(16-13-28)23(32)11-6-18-34-20-7-3-2-4-8-20/h2-4,7-8H,5-6,9-19H2,1H3. The fraction of sp³-hybridized carbons (Fsp3) is 0.536. The van der Waals surface area contributed by atoms with E-state index in [0.717, 1.165) is 84.2 Å². The monoisotopic (exact) mass is 526 g/mol. The van der Waals surface area contributed by atoms with E-state index in [-0.39, 0.29) is 23.0 Å². The van der Waals surface area contributed by atoms with Gasteiger partial charge in [0, 0.05) is 44.6 Å². The molecule has 1 aromatic heterocycles. The predicted octanol–water partition coefficient (Wildman–Crippen LogP) is 5.30. The van der Waals surface area contributed by atoms with E-state index in [4.69, 9.17) is 4.74 Å². The van der Waals surface area contributed by atoms with Crippen molar-refractivity contribution in [2.45, 2.75) is 55.6 Å². The maximum atomic E-state index is 13.5. The first-order chi connectivity index (χ1) is 17.5. The van der Waals surface area contributed by atoms with Gasteiger partial charge >= 0.3 is 0 Å². The highest BCUT2D eigenvalue weighted by Gasteiger charge is 2.43. The Morgan fingerprint density at radius 2 is 1.78 bits per heavy atom. The summed E-state index contributed by atoms with van der Waals surface area (Å²) in [5, 5.41) is 0. The predicted molar refractivity (Wildman–Crippen MR) is 143 cm³/mol. The second-order valence-electron chi connectivity index (χ2n) is 10.2. The summed E-state index contributed by atoms with van der Waals surface area (Å²) in [7, 11) is 0. The molecule has 3 aliphatic rings. The van der Waals surface area contributed by atoms with E-state index in [9.17, 15) is 14.4 Å². The number of amides is 2. The molecule has 1 aliphatic carbocycles. The van der Waals surface area contributed by atoms with Crippen molar-refractivity contribution in [2.24, 2.45) is 5.41 Å². The molecule has 1 spiro atoms. The number of Topliss-reactive ketones (excluding diaryl/α,β-unsaturated/α-hetero) is 1. The van der Waals surface area contributed by atoms with Crippen molar-refractivity contribution in [3.05, 3.63) is 46.3 Å². The topological polar surface area (TPSA) is 66.9 Å². The molecule has 2 amide bonds. The lowest BCUT2D eigenvalue weighted by atomic mass is 9.77. The minimum Gasteiger partial charge on any atom is -0.494 e. The molecule has 3 heterocycles. The summed E-state index contributed by atoms with van der Waals surface area (Å²) in [5.74, 6) is 1.33. The number of thiophene rings is 1. The molecule has 0 radical (unpaired) electrons. The van der Waals surface area contributed by atoms with E-state index < -0.39 is 0 Å². The minimum absolute atomic E-state index is 0.0973. The second kappa shape index (κ2) is 11.0. The summed E-state index contributed by atoms with van der Waals surface area (Å²) < 4.78 is 6.71. The van der Waals surface area contributed by atoms with Gasteiger partial charge in [-0.3, -0.25) is 14.4 Å². The Balaban J connectivity index is 1.12. The van der Waals surface area contributed by atoms with Gasteiger partial charge in [0.1, 0.15) is 5.75 Å². The number of ketones is 1. The van der Waals surface area contributed by atoms with Gasteiger partial charge < -0.3 is 14.5 Å². The van der Waals surface area contributed by atoms with Crippen LogP contribution in [0.15, 0.2) is 34.5 Å². The van der Waals surface area contributed by atoms with Gasteiger partial charge in [-0.2, -0.15) is 0 Å². The molecular formula is C28H34N2O4S2. The number of thioether (sulfide) groups is 1. The van der Waals surface area contributed by atoms with Crippen molar-refractivity contribution < 1.29 is 19.1 Å². The zero-order chi connectivity index (χ0) is 25.1. The van der Waals surface area contributed by atoms with Crippen molar-refractivity contribution in [1.29, 1.82) is 0 Å². The molecule has 2 aliphatic heterocycles. The molecular weight excluding hydrogens is 492 g/mol. The van der Waals surface area contributed by atoms with Gasteiger partial charge in [0.05, 0.1) is 15.7 Å². The molecule has 0 N–H and O–H groups in total. The molecule has 0 atom stereocenters. The number of fused-ring (bicyclic) bond motifs is 1. The van der Waals surface area contributed by atoms with Gasteiger partial charge in [-0.25, -0.2) is 0 Å². The SMILES string of the molecule is CSc1sc(C(=O)N2CCC3(CCN(C(=O)CCCOc4ccccc4)CC3)C2)c2c1C(=O)CCC2. The summed E-state index contributed by atoms with van der Waals surface area (Å²) in [6.45, 7) is 3.59. The summed E-state index contributed by atoms with van der Waals surface area (Å²) in [4.78, 5) is 43.6. The molecule has 2 fully saturated rings. The Kier molecular flexibility index (Phi) is 7.72. The van der Waals surface area contributed by atoms with Crippen LogP contribution in [0.3, 0.4) is 0 Å². The quantitative estimate of drug-likeness (QED) is 0.362. The van der Waals surface area contributed by atoms with Crippen molar-refractivity contribution in [1.82, 2.24) is 9.80 Å². The first kappa shape index (κ1) is 25.3. The van der Waals surface area contributed by atoms with Crippen molar-refractivity contribution in [3.8, 4) is 5.75 Å². The normalized spacial score (nSPS) is 19.0. The van der Waals surface area contributed by atoms with Crippen LogP contribution < -0.4 is 4.74 Å². The van der Waals surface area contributed by atoms with Crippen LogP contribution in [0.1, 0.15) is 70.5 Å². The van der Waals surface area contributed by atoms with Crippen LogP contribution in [0.25, 0.3) is 0 Å². The molecule has 0 unspecified atom stereocenters. The average molecular weight is 527 g/mol. The van der Waals surface area contributed by atoms with Crippen LogP contribution in [0.5, 0.6) is 5.75 Å². The zero-order valence-electron chi connectivity index (χ0n) is 20.9. The van der Waals surface area contributed by atoms with Gasteiger partial charge in [0.15, 0.2) is 5.78 Å². The number of para-hydroxylation sites is 1. The number of carbonyl (C=O) groups is 3. The lowest BCUT2D eigenvalue weighted by Gasteiger charge is -2.39. The van der Waals surface area contributed by atoms with Crippen LogP contribution in [0, 0.1) is 5.41 Å². The molecule has 36 heavy (non-hydrogen) atoms. The molecule has 192 valence electrons. The Hall–Kier alpha value is -2.32. The van der Waals surface area contributed by atoms with Crippen LogP contribution in [0.4, 0.5) is 0 Å². The summed E-state index contributed by atoms with van der Waals surface area (Å²) in [6, 6.07) is 9.69. The van der Waals surface area contributed by atoms with Crippen molar-refractivity contribution in [3.63, 3.8) is 0 Å². The van der Waals surface area contributed by atoms with Gasteiger partial charge in [-0.15, -0.1) is 23.1 Å². The van der Waals surface area contributed by atoms with Crippen LogP contribution >= 0.6 is 23.1 Å².